The molecule has 106 valence electrons. The molecule has 3 nitrogen and oxygen atoms in total. The van der Waals surface area contributed by atoms with E-state index < -0.39 is 0 Å². The number of amides is 1. The predicted molar refractivity (Wildman–Crippen MR) is 82.3 cm³/mol. The van der Waals surface area contributed by atoms with Crippen molar-refractivity contribution in [3.8, 4) is 0 Å². The Morgan fingerprint density at radius 3 is 2.75 bits per heavy atom. The zero-order valence-corrected chi connectivity index (χ0v) is 12.5. The quantitative estimate of drug-likeness (QED) is 0.909. The van der Waals surface area contributed by atoms with Crippen LogP contribution in [0.5, 0.6) is 0 Å². The summed E-state index contributed by atoms with van der Waals surface area (Å²) < 4.78 is 0. The number of unbranched alkanes of at least 4 members (excludes halogenated alkanes) is 1. The van der Waals surface area contributed by atoms with Crippen molar-refractivity contribution in [3.63, 3.8) is 0 Å². The Labute approximate surface area is 120 Å². The number of benzene rings is 1. The van der Waals surface area contributed by atoms with Crippen molar-refractivity contribution in [2.75, 3.05) is 13.1 Å². The average Bonchev–Trinajstić information content (AvgIpc) is 2.84. The highest BCUT2D eigenvalue weighted by Gasteiger charge is 2.28. The lowest BCUT2D eigenvalue weighted by atomic mass is 9.98. The third-order valence-corrected chi connectivity index (χ3v) is 4.39. The second-order valence-corrected chi connectivity index (χ2v) is 5.82. The van der Waals surface area contributed by atoms with E-state index in [1.807, 2.05) is 4.90 Å². The Morgan fingerprint density at radius 2 is 2.00 bits per heavy atom. The molecule has 1 amide bonds. The summed E-state index contributed by atoms with van der Waals surface area (Å²) in [5.74, 6) is 0.176. The number of hydrogen-bond acceptors (Lipinski definition) is 1. The van der Waals surface area contributed by atoms with Crippen LogP contribution in [-0.4, -0.2) is 28.9 Å². The highest BCUT2D eigenvalue weighted by molar-refractivity contribution is 6.03. The molecule has 1 aliphatic heterocycles. The summed E-state index contributed by atoms with van der Waals surface area (Å²) in [5, 5.41) is 1.27. The van der Waals surface area contributed by atoms with E-state index in [2.05, 4.69) is 37.9 Å². The molecule has 2 aromatic rings. The van der Waals surface area contributed by atoms with Gasteiger partial charge >= 0.3 is 0 Å². The Bertz CT molecular complexity index is 669. The van der Waals surface area contributed by atoms with Gasteiger partial charge in [-0.25, -0.2) is 0 Å². The molecule has 0 radical (unpaired) electrons. The van der Waals surface area contributed by atoms with Crippen molar-refractivity contribution < 1.29 is 4.79 Å². The van der Waals surface area contributed by atoms with Crippen molar-refractivity contribution >= 4 is 16.8 Å². The van der Waals surface area contributed by atoms with Crippen LogP contribution in [0.25, 0.3) is 10.9 Å². The second kappa shape index (κ2) is 4.97. The van der Waals surface area contributed by atoms with Crippen molar-refractivity contribution in [1.29, 1.82) is 0 Å². The standard InChI is InChI=1S/C17H22N2O/c1-4-5-9-19-10-8-13-14-11(2)6-7-12(3)15(14)18-16(13)17(19)20/h6-7,18H,4-5,8-10H2,1-3H3. The van der Waals surface area contributed by atoms with Crippen molar-refractivity contribution in [3.05, 3.63) is 34.5 Å². The fourth-order valence-electron chi connectivity index (χ4n) is 3.19. The van der Waals surface area contributed by atoms with Gasteiger partial charge in [0.25, 0.3) is 5.91 Å². The Hall–Kier alpha value is -1.77. The normalized spacial score (nSPS) is 14.9. The molecule has 3 rings (SSSR count). The number of aromatic nitrogens is 1. The van der Waals surface area contributed by atoms with E-state index in [4.69, 9.17) is 0 Å². The van der Waals surface area contributed by atoms with Crippen LogP contribution in [-0.2, 0) is 6.42 Å². The van der Waals surface area contributed by atoms with Crippen LogP contribution in [0, 0.1) is 13.8 Å². The number of carbonyl (C=O) groups is 1. The minimum atomic E-state index is 0.176. The minimum Gasteiger partial charge on any atom is -0.350 e. The lowest BCUT2D eigenvalue weighted by Crippen LogP contribution is -2.38. The van der Waals surface area contributed by atoms with E-state index >= 15 is 0 Å². The molecule has 1 aromatic carbocycles. The molecule has 3 heteroatoms. The van der Waals surface area contributed by atoms with Crippen molar-refractivity contribution in [1.82, 2.24) is 9.88 Å². The molecule has 0 unspecified atom stereocenters. The number of aryl methyl sites for hydroxylation is 2. The lowest BCUT2D eigenvalue weighted by Gasteiger charge is -2.26. The third-order valence-electron chi connectivity index (χ3n) is 4.39. The average molecular weight is 270 g/mol. The van der Waals surface area contributed by atoms with Gasteiger partial charge in [0.2, 0.25) is 0 Å². The van der Waals surface area contributed by atoms with Gasteiger partial charge < -0.3 is 9.88 Å². The van der Waals surface area contributed by atoms with Crippen LogP contribution in [0.2, 0.25) is 0 Å². The van der Waals surface area contributed by atoms with Gasteiger partial charge in [-0.1, -0.05) is 25.5 Å². The van der Waals surface area contributed by atoms with Crippen molar-refractivity contribution in [2.45, 2.75) is 40.0 Å². The lowest BCUT2D eigenvalue weighted by molar-refractivity contribution is 0.0733. The number of nitrogens with zero attached hydrogens (tertiary/aromatic N) is 1. The molecule has 0 saturated heterocycles. The van der Waals surface area contributed by atoms with Crippen LogP contribution in [0.1, 0.15) is 46.9 Å². The molecule has 1 N–H and O–H groups in total. The first kappa shape index (κ1) is 13.2. The maximum Gasteiger partial charge on any atom is 0.270 e. The van der Waals surface area contributed by atoms with E-state index in [9.17, 15) is 4.79 Å². The van der Waals surface area contributed by atoms with E-state index in [1.165, 1.54) is 22.1 Å². The van der Waals surface area contributed by atoms with E-state index in [1.54, 1.807) is 0 Å². The summed E-state index contributed by atoms with van der Waals surface area (Å²) in [7, 11) is 0. The van der Waals surface area contributed by atoms with Gasteiger partial charge in [0.1, 0.15) is 5.69 Å². The summed E-state index contributed by atoms with van der Waals surface area (Å²) in [5.41, 5.74) is 5.66. The van der Waals surface area contributed by atoms with Gasteiger partial charge in [-0.15, -0.1) is 0 Å². The molecule has 2 heterocycles. The molecule has 0 fully saturated rings. The summed E-state index contributed by atoms with van der Waals surface area (Å²) in [4.78, 5) is 18.0. The Kier molecular flexibility index (Phi) is 3.28. The first-order valence-electron chi connectivity index (χ1n) is 7.53. The number of H-pyrrole nitrogens is 1. The Morgan fingerprint density at radius 1 is 1.25 bits per heavy atom. The molecular formula is C17H22N2O. The SMILES string of the molecule is CCCCN1CCc2c([nH]c3c(C)ccc(C)c23)C1=O. The van der Waals surface area contributed by atoms with Crippen molar-refractivity contribution in [2.24, 2.45) is 0 Å². The van der Waals surface area contributed by atoms with Gasteiger partial charge in [-0.2, -0.15) is 0 Å². The summed E-state index contributed by atoms with van der Waals surface area (Å²) in [6.45, 7) is 8.12. The molecule has 0 saturated carbocycles. The molecule has 1 aromatic heterocycles. The van der Waals surface area contributed by atoms with Crippen LogP contribution in [0.3, 0.4) is 0 Å². The van der Waals surface area contributed by atoms with Gasteiger partial charge in [-0.05, 0) is 43.4 Å². The van der Waals surface area contributed by atoms with Gasteiger partial charge in [0, 0.05) is 24.0 Å². The smallest absolute Gasteiger partial charge is 0.270 e. The van der Waals surface area contributed by atoms with E-state index in [0.29, 0.717) is 0 Å². The molecule has 1 aliphatic rings. The molecule has 0 spiro atoms. The maximum absolute atomic E-state index is 12.6. The number of fused-ring (bicyclic) bond motifs is 3. The van der Waals surface area contributed by atoms with Crippen LogP contribution < -0.4 is 0 Å². The van der Waals surface area contributed by atoms with Gasteiger partial charge in [0.15, 0.2) is 0 Å². The maximum atomic E-state index is 12.6. The highest BCUT2D eigenvalue weighted by atomic mass is 16.2. The zero-order valence-electron chi connectivity index (χ0n) is 12.5. The second-order valence-electron chi connectivity index (χ2n) is 5.82. The fourth-order valence-corrected chi connectivity index (χ4v) is 3.19. The molecule has 0 atom stereocenters. The molecule has 20 heavy (non-hydrogen) atoms. The third kappa shape index (κ3) is 1.92. The Balaban J connectivity index is 2.08. The van der Waals surface area contributed by atoms with E-state index in [0.717, 1.165) is 43.6 Å². The summed E-state index contributed by atoms with van der Waals surface area (Å²) >= 11 is 0. The van der Waals surface area contributed by atoms with E-state index in [-0.39, 0.29) is 5.91 Å². The van der Waals surface area contributed by atoms with Crippen LogP contribution in [0.4, 0.5) is 0 Å². The topological polar surface area (TPSA) is 36.1 Å². The number of carbonyl (C=O) groups excluding carboxylic acids is 1. The van der Waals surface area contributed by atoms with Crippen LogP contribution >= 0.6 is 0 Å². The first-order chi connectivity index (χ1) is 9.63. The van der Waals surface area contributed by atoms with Gasteiger partial charge in [-0.3, -0.25) is 4.79 Å². The monoisotopic (exact) mass is 270 g/mol. The molecule has 0 aliphatic carbocycles. The number of nitrogens with one attached hydrogen (secondary N) is 1. The highest BCUT2D eigenvalue weighted by Crippen LogP contribution is 2.31. The number of hydrogen-bond donors (Lipinski definition) is 1. The zero-order chi connectivity index (χ0) is 14.3. The molecule has 0 bridgehead atoms. The van der Waals surface area contributed by atoms with Crippen LogP contribution in [0.15, 0.2) is 12.1 Å². The summed E-state index contributed by atoms with van der Waals surface area (Å²) in [6, 6.07) is 4.28. The number of aromatic amines is 1. The fraction of sp³-hybridized carbons (Fsp3) is 0.471. The number of rotatable bonds is 3. The first-order valence-corrected chi connectivity index (χ1v) is 7.53. The minimum absolute atomic E-state index is 0.176. The molecular weight excluding hydrogens is 248 g/mol. The van der Waals surface area contributed by atoms with Gasteiger partial charge in [0.05, 0.1) is 0 Å². The largest absolute Gasteiger partial charge is 0.350 e. The predicted octanol–water partition coefficient (Wildman–Crippen LogP) is 3.58. The summed E-state index contributed by atoms with van der Waals surface area (Å²) in [6.07, 6.45) is 3.18.